The Morgan fingerprint density at radius 3 is 2.47 bits per heavy atom. The molecule has 2 aliphatic rings. The Morgan fingerprint density at radius 1 is 1.00 bits per heavy atom. The maximum Gasteiger partial charge on any atom is 0.270 e. The Labute approximate surface area is 227 Å². The quantitative estimate of drug-likeness (QED) is 0.305. The van der Waals surface area contributed by atoms with E-state index in [0.717, 1.165) is 35.9 Å². The third kappa shape index (κ3) is 5.56. The van der Waals surface area contributed by atoms with E-state index in [9.17, 15) is 9.59 Å². The van der Waals surface area contributed by atoms with Crippen molar-refractivity contribution in [2.24, 2.45) is 4.99 Å². The zero-order valence-corrected chi connectivity index (χ0v) is 22.6. The number of nitrogens with one attached hydrogen (secondary N) is 3. The molecule has 0 spiro atoms. The Kier molecular flexibility index (Phi) is 8.00. The number of aliphatic imine (C=N–C) groups is 1. The molecule has 0 bridgehead atoms. The number of rotatable bonds is 8. The Hall–Kier alpha value is -3.76. The van der Waals surface area contributed by atoms with Crippen LogP contribution in [-0.4, -0.2) is 73.1 Å². The summed E-state index contributed by atoms with van der Waals surface area (Å²) in [5.74, 6) is 1.49. The lowest BCUT2D eigenvalue weighted by atomic mass is 10.1. The van der Waals surface area contributed by atoms with Crippen LogP contribution >= 0.6 is 11.8 Å². The van der Waals surface area contributed by atoms with E-state index in [4.69, 9.17) is 4.99 Å². The van der Waals surface area contributed by atoms with Gasteiger partial charge in [-0.2, -0.15) is 0 Å². The van der Waals surface area contributed by atoms with Crippen molar-refractivity contribution in [3.8, 4) is 0 Å². The molecular weight excluding hydrogens is 498 g/mol. The van der Waals surface area contributed by atoms with Crippen LogP contribution in [0.5, 0.6) is 0 Å². The second-order valence-electron chi connectivity index (χ2n) is 9.24. The smallest absolute Gasteiger partial charge is 0.270 e. The van der Waals surface area contributed by atoms with Crippen LogP contribution in [0.25, 0.3) is 0 Å². The minimum absolute atomic E-state index is 0.00309. The van der Waals surface area contributed by atoms with E-state index in [1.54, 1.807) is 11.8 Å². The highest BCUT2D eigenvalue weighted by molar-refractivity contribution is 7.98. The third-order valence-corrected chi connectivity index (χ3v) is 7.52. The van der Waals surface area contributed by atoms with E-state index in [0.29, 0.717) is 38.4 Å². The highest BCUT2D eigenvalue weighted by Crippen LogP contribution is 2.30. The van der Waals surface area contributed by atoms with Gasteiger partial charge < -0.3 is 20.1 Å². The first-order valence-corrected chi connectivity index (χ1v) is 14.0. The van der Waals surface area contributed by atoms with Crippen molar-refractivity contribution < 1.29 is 9.59 Å². The number of benzene rings is 2. The molecule has 1 aromatic heterocycles. The van der Waals surface area contributed by atoms with E-state index in [1.165, 1.54) is 17.5 Å². The number of hydrazine groups is 1. The molecule has 1 fully saturated rings. The van der Waals surface area contributed by atoms with Crippen LogP contribution < -0.4 is 20.7 Å². The fourth-order valence-electron chi connectivity index (χ4n) is 4.84. The van der Waals surface area contributed by atoms with Gasteiger partial charge in [0, 0.05) is 62.2 Å². The number of piperazine rings is 1. The standard InChI is InChI=1S/C28H33N7O2S/c1-20(36)29-12-13-31-35-26(21-8-4-3-5-9-21)30-19-22-18-23(32-27(22)35)28(37)34-16-14-33(15-17-34)24-10-6-7-11-25(24)38-2/h3-11,18,31-32H,12-17,19H2,1-2H3,(H,29,36). The average Bonchev–Trinajstić information content (AvgIpc) is 3.40. The molecule has 10 heteroatoms. The van der Waals surface area contributed by atoms with Gasteiger partial charge in [0.1, 0.15) is 11.5 Å². The van der Waals surface area contributed by atoms with Gasteiger partial charge in [0.05, 0.1) is 12.2 Å². The number of anilines is 2. The topological polar surface area (TPSA) is 96.1 Å². The summed E-state index contributed by atoms with van der Waals surface area (Å²) in [5.41, 5.74) is 7.08. The molecular formula is C28H33N7O2S. The number of amides is 2. The zero-order chi connectivity index (χ0) is 26.5. The Balaban J connectivity index is 1.31. The van der Waals surface area contributed by atoms with E-state index >= 15 is 0 Å². The Morgan fingerprint density at radius 2 is 1.74 bits per heavy atom. The number of para-hydroxylation sites is 1. The molecule has 38 heavy (non-hydrogen) atoms. The maximum atomic E-state index is 13.5. The molecule has 2 amide bonds. The van der Waals surface area contributed by atoms with Gasteiger partial charge in [-0.3, -0.25) is 14.6 Å². The number of carbonyl (C=O) groups excluding carboxylic acids is 2. The molecule has 2 aliphatic heterocycles. The molecule has 3 N–H and O–H groups in total. The highest BCUT2D eigenvalue weighted by atomic mass is 32.2. The largest absolute Gasteiger partial charge is 0.367 e. The van der Waals surface area contributed by atoms with Gasteiger partial charge in [0.2, 0.25) is 5.91 Å². The molecule has 0 unspecified atom stereocenters. The van der Waals surface area contributed by atoms with E-state index in [2.05, 4.69) is 51.1 Å². The van der Waals surface area contributed by atoms with E-state index in [1.807, 2.05) is 46.3 Å². The summed E-state index contributed by atoms with van der Waals surface area (Å²) >= 11 is 1.75. The summed E-state index contributed by atoms with van der Waals surface area (Å²) < 4.78 is 0. The monoisotopic (exact) mass is 531 g/mol. The fraction of sp³-hybridized carbons (Fsp3) is 0.321. The van der Waals surface area contributed by atoms with Crippen LogP contribution in [0.15, 0.2) is 70.6 Å². The van der Waals surface area contributed by atoms with E-state index in [-0.39, 0.29) is 11.8 Å². The predicted octanol–water partition coefficient (Wildman–Crippen LogP) is 3.11. The van der Waals surface area contributed by atoms with Crippen molar-refractivity contribution in [3.63, 3.8) is 0 Å². The fourth-order valence-corrected chi connectivity index (χ4v) is 5.46. The van der Waals surface area contributed by atoms with Crippen LogP contribution in [0, 0.1) is 0 Å². The minimum Gasteiger partial charge on any atom is -0.367 e. The molecule has 0 radical (unpaired) electrons. The summed E-state index contributed by atoms with van der Waals surface area (Å²) in [4.78, 5) is 38.6. The first-order valence-electron chi connectivity index (χ1n) is 12.8. The minimum atomic E-state index is -0.0760. The first kappa shape index (κ1) is 25.9. The number of amidine groups is 1. The number of H-pyrrole nitrogens is 1. The van der Waals surface area contributed by atoms with Crippen LogP contribution in [0.4, 0.5) is 11.5 Å². The van der Waals surface area contributed by atoms with Gasteiger partial charge in [-0.25, -0.2) is 10.4 Å². The molecule has 5 rings (SSSR count). The molecule has 0 aliphatic carbocycles. The van der Waals surface area contributed by atoms with Crippen molar-refractivity contribution in [3.05, 3.63) is 77.5 Å². The van der Waals surface area contributed by atoms with E-state index < -0.39 is 0 Å². The normalized spacial score (nSPS) is 15.2. The number of aromatic nitrogens is 1. The molecule has 2 aromatic carbocycles. The molecule has 9 nitrogen and oxygen atoms in total. The Bertz CT molecular complexity index is 1320. The lowest BCUT2D eigenvalue weighted by molar-refractivity contribution is -0.118. The molecule has 3 heterocycles. The number of nitrogens with zero attached hydrogens (tertiary/aromatic N) is 4. The number of aromatic amines is 1. The predicted molar refractivity (Wildman–Crippen MR) is 153 cm³/mol. The highest BCUT2D eigenvalue weighted by Gasteiger charge is 2.29. The molecule has 0 saturated carbocycles. The van der Waals surface area contributed by atoms with Gasteiger partial charge in [-0.05, 0) is 24.5 Å². The second-order valence-corrected chi connectivity index (χ2v) is 10.1. The molecule has 0 atom stereocenters. The lowest BCUT2D eigenvalue weighted by Crippen LogP contribution is -2.49. The third-order valence-electron chi connectivity index (χ3n) is 6.73. The first-order chi connectivity index (χ1) is 18.5. The van der Waals surface area contributed by atoms with Crippen molar-refractivity contribution >= 4 is 40.9 Å². The number of carbonyl (C=O) groups is 2. The second kappa shape index (κ2) is 11.7. The summed E-state index contributed by atoms with van der Waals surface area (Å²) in [7, 11) is 0. The van der Waals surface area contributed by atoms with Gasteiger partial charge in [-0.1, -0.05) is 42.5 Å². The SMILES string of the molecule is CSc1ccccc1N1CCN(C(=O)c2cc3c([nH]2)N(NCCNC(C)=O)C(c2ccccc2)=NC3)CC1. The van der Waals surface area contributed by atoms with Crippen LogP contribution in [-0.2, 0) is 11.3 Å². The van der Waals surface area contributed by atoms with Crippen molar-refractivity contribution in [2.75, 3.05) is 55.4 Å². The zero-order valence-electron chi connectivity index (χ0n) is 21.7. The summed E-state index contributed by atoms with van der Waals surface area (Å²) in [6.45, 7) is 5.87. The summed E-state index contributed by atoms with van der Waals surface area (Å²) in [6, 6.07) is 20.3. The number of thioether (sulfide) groups is 1. The number of hydrogen-bond acceptors (Lipinski definition) is 7. The van der Waals surface area contributed by atoms with Gasteiger partial charge in [-0.15, -0.1) is 11.8 Å². The van der Waals surface area contributed by atoms with Crippen LogP contribution in [0.2, 0.25) is 0 Å². The van der Waals surface area contributed by atoms with Gasteiger partial charge in [0.25, 0.3) is 5.91 Å². The van der Waals surface area contributed by atoms with Crippen molar-refractivity contribution in [1.82, 2.24) is 20.6 Å². The van der Waals surface area contributed by atoms with Crippen LogP contribution in [0.1, 0.15) is 28.5 Å². The summed E-state index contributed by atoms with van der Waals surface area (Å²) in [5, 5.41) is 4.70. The number of hydrogen-bond donors (Lipinski definition) is 3. The van der Waals surface area contributed by atoms with Gasteiger partial charge >= 0.3 is 0 Å². The molecule has 1 saturated heterocycles. The van der Waals surface area contributed by atoms with Crippen molar-refractivity contribution in [1.29, 1.82) is 0 Å². The van der Waals surface area contributed by atoms with Gasteiger partial charge in [0.15, 0.2) is 5.84 Å². The number of fused-ring (bicyclic) bond motifs is 1. The average molecular weight is 532 g/mol. The molecule has 3 aromatic rings. The molecule has 198 valence electrons. The maximum absolute atomic E-state index is 13.5. The lowest BCUT2D eigenvalue weighted by Gasteiger charge is -2.36. The van der Waals surface area contributed by atoms with Crippen molar-refractivity contribution in [2.45, 2.75) is 18.4 Å². The van der Waals surface area contributed by atoms with Crippen LogP contribution in [0.3, 0.4) is 0 Å². The summed E-state index contributed by atoms with van der Waals surface area (Å²) in [6.07, 6.45) is 2.09.